The first-order valence-corrected chi connectivity index (χ1v) is 15.8. The largest absolute Gasteiger partial charge is 0.481 e. The normalized spacial score (nSPS) is 14.7. The molecule has 5 heterocycles. The quantitative estimate of drug-likeness (QED) is 0.138. The Morgan fingerprint density at radius 1 is 0.659 bits per heavy atom. The van der Waals surface area contributed by atoms with Crippen molar-refractivity contribution in [3.8, 4) is 0 Å². The lowest BCUT2D eigenvalue weighted by Gasteiger charge is -2.05. The number of fused-ring (bicyclic) bond motifs is 8. The molecule has 44 heavy (non-hydrogen) atoms. The number of hydrogen-bond donors (Lipinski definition) is 6. The molecule has 230 valence electrons. The lowest BCUT2D eigenvalue weighted by atomic mass is 9.98. The number of aryl methyl sites for hydroxylation is 2. The zero-order valence-corrected chi connectivity index (χ0v) is 27.6. The van der Waals surface area contributed by atoms with Gasteiger partial charge in [-0.25, -0.2) is 9.97 Å². The Hall–Kier alpha value is -3.76. The monoisotopic (exact) mass is 630 g/mol. The summed E-state index contributed by atoms with van der Waals surface area (Å²) < 4.78 is 0. The maximum atomic E-state index is 11.6. The molecule has 0 saturated carbocycles. The van der Waals surface area contributed by atoms with Gasteiger partial charge in [-0.05, 0) is 123 Å². The Balaban J connectivity index is 1.95. The SMILES string of the molecule is CC1=C(CCC(=O)O)c2cc3nc(cc4[nH]c(cc5[nH]c(cc1n2)c(C)c5[C@@H](C)S)c(C)c4[C@@H](C)S)C(C)=C3CCC(=O)O. The molecule has 2 atom stereocenters. The second-order valence-corrected chi connectivity index (χ2v) is 13.2. The minimum Gasteiger partial charge on any atom is -0.481 e. The smallest absolute Gasteiger partial charge is 0.303 e. The van der Waals surface area contributed by atoms with E-state index in [4.69, 9.17) is 35.2 Å². The van der Waals surface area contributed by atoms with E-state index in [1.54, 1.807) is 0 Å². The molecule has 0 aromatic carbocycles. The van der Waals surface area contributed by atoms with E-state index >= 15 is 0 Å². The van der Waals surface area contributed by atoms with Gasteiger partial charge in [-0.3, -0.25) is 9.59 Å². The fourth-order valence-electron chi connectivity index (χ4n) is 6.32. The van der Waals surface area contributed by atoms with Crippen LogP contribution in [0.5, 0.6) is 0 Å². The lowest BCUT2D eigenvalue weighted by molar-refractivity contribution is -0.137. The van der Waals surface area contributed by atoms with Gasteiger partial charge in [0.15, 0.2) is 0 Å². The highest BCUT2D eigenvalue weighted by atomic mass is 32.1. The van der Waals surface area contributed by atoms with E-state index in [9.17, 15) is 19.8 Å². The van der Waals surface area contributed by atoms with Crippen molar-refractivity contribution in [2.24, 2.45) is 0 Å². The Kier molecular flexibility index (Phi) is 8.87. The summed E-state index contributed by atoms with van der Waals surface area (Å²) in [6.45, 7) is 12.2. The summed E-state index contributed by atoms with van der Waals surface area (Å²) in [6, 6.07) is 8.02. The number of aromatic amines is 2. The number of nitrogens with one attached hydrogen (secondary N) is 2. The van der Waals surface area contributed by atoms with Crippen LogP contribution in [0.4, 0.5) is 0 Å². The molecule has 8 bridgehead atoms. The van der Waals surface area contributed by atoms with Crippen LogP contribution in [0.25, 0.3) is 44.4 Å². The van der Waals surface area contributed by atoms with Crippen molar-refractivity contribution < 1.29 is 19.8 Å². The number of H-pyrrole nitrogens is 2. The Labute approximate surface area is 267 Å². The molecule has 0 amide bonds. The Morgan fingerprint density at radius 2 is 1.05 bits per heavy atom. The predicted molar refractivity (Wildman–Crippen MR) is 184 cm³/mol. The minimum absolute atomic E-state index is 0.0338. The second kappa shape index (κ2) is 12.3. The fraction of sp³-hybridized carbons (Fsp3) is 0.353. The summed E-state index contributed by atoms with van der Waals surface area (Å²) >= 11 is 9.64. The van der Waals surface area contributed by atoms with Crippen LogP contribution in [-0.4, -0.2) is 42.1 Å². The van der Waals surface area contributed by atoms with Gasteiger partial charge in [0.1, 0.15) is 0 Å². The summed E-state index contributed by atoms with van der Waals surface area (Å²) in [6.07, 6.45) is 0.549. The van der Waals surface area contributed by atoms with Gasteiger partial charge >= 0.3 is 11.9 Å². The number of nitrogens with zero attached hydrogens (tertiary/aromatic N) is 2. The predicted octanol–water partition coefficient (Wildman–Crippen LogP) is 8.50. The molecule has 10 heteroatoms. The molecule has 0 unspecified atom stereocenters. The van der Waals surface area contributed by atoms with Crippen LogP contribution in [0, 0.1) is 13.8 Å². The van der Waals surface area contributed by atoms with Crippen LogP contribution >= 0.6 is 25.3 Å². The van der Waals surface area contributed by atoms with Crippen molar-refractivity contribution in [2.75, 3.05) is 0 Å². The van der Waals surface area contributed by atoms with Crippen molar-refractivity contribution in [3.63, 3.8) is 0 Å². The molecular weight excluding hydrogens is 593 g/mol. The lowest BCUT2D eigenvalue weighted by Crippen LogP contribution is -1.97. The molecule has 3 aromatic rings. The number of aromatic nitrogens is 4. The molecule has 0 spiro atoms. The van der Waals surface area contributed by atoms with E-state index in [2.05, 4.69) is 36.8 Å². The summed E-state index contributed by atoms with van der Waals surface area (Å²) in [5.41, 5.74) is 14.2. The van der Waals surface area contributed by atoms with Gasteiger partial charge in [-0.1, -0.05) is 0 Å². The molecule has 8 nitrogen and oxygen atoms in total. The molecular formula is C34H38N4O4S2. The number of carboxylic acids is 2. The van der Waals surface area contributed by atoms with Gasteiger partial charge in [0.25, 0.3) is 0 Å². The van der Waals surface area contributed by atoms with Crippen molar-refractivity contribution in [3.05, 3.63) is 69.3 Å². The van der Waals surface area contributed by atoms with E-state index in [0.717, 1.165) is 78.0 Å². The number of carboxylic acid groups (broad SMARTS) is 2. The number of hydrogen-bond acceptors (Lipinski definition) is 6. The van der Waals surface area contributed by atoms with Gasteiger partial charge in [-0.15, -0.1) is 0 Å². The third-order valence-electron chi connectivity index (χ3n) is 8.65. The van der Waals surface area contributed by atoms with Crippen molar-refractivity contribution >= 4 is 81.6 Å². The van der Waals surface area contributed by atoms with Crippen LogP contribution in [0.1, 0.15) is 109 Å². The summed E-state index contributed by atoms with van der Waals surface area (Å²) in [7, 11) is 0. The maximum absolute atomic E-state index is 11.6. The van der Waals surface area contributed by atoms with Crippen molar-refractivity contribution in [2.45, 2.75) is 77.7 Å². The number of allylic oxidation sites excluding steroid dienone is 4. The summed E-state index contributed by atoms with van der Waals surface area (Å²) in [5, 5.41) is 18.9. The van der Waals surface area contributed by atoms with Crippen LogP contribution in [0.3, 0.4) is 0 Å². The van der Waals surface area contributed by atoms with E-state index in [0.29, 0.717) is 24.2 Å². The minimum atomic E-state index is -0.886. The molecule has 0 radical (unpaired) electrons. The number of thiol groups is 2. The molecule has 0 fully saturated rings. The van der Waals surface area contributed by atoms with Gasteiger partial charge in [0.2, 0.25) is 0 Å². The molecule has 3 aromatic heterocycles. The number of carbonyl (C=O) groups is 2. The highest BCUT2D eigenvalue weighted by molar-refractivity contribution is 7.80. The topological polar surface area (TPSA) is 132 Å². The summed E-state index contributed by atoms with van der Waals surface area (Å²) in [5.74, 6) is -1.77. The molecule has 2 aliphatic rings. The van der Waals surface area contributed by atoms with E-state index in [-0.39, 0.29) is 23.3 Å². The average Bonchev–Trinajstić information content (AvgIpc) is 3.59. The zero-order valence-electron chi connectivity index (χ0n) is 25.8. The highest BCUT2D eigenvalue weighted by Crippen LogP contribution is 2.39. The average molecular weight is 631 g/mol. The Morgan fingerprint density at radius 3 is 1.45 bits per heavy atom. The van der Waals surface area contributed by atoms with Crippen LogP contribution in [0.2, 0.25) is 0 Å². The molecule has 0 aliphatic carbocycles. The van der Waals surface area contributed by atoms with E-state index in [1.807, 2.05) is 39.0 Å². The molecule has 4 N–H and O–H groups in total. The van der Waals surface area contributed by atoms with Gasteiger partial charge < -0.3 is 20.2 Å². The Bertz CT molecular complexity index is 1930. The van der Waals surface area contributed by atoms with E-state index in [1.165, 1.54) is 0 Å². The zero-order chi connectivity index (χ0) is 32.0. The highest BCUT2D eigenvalue weighted by Gasteiger charge is 2.23. The van der Waals surface area contributed by atoms with Crippen LogP contribution in [-0.2, 0) is 9.59 Å². The van der Waals surface area contributed by atoms with Gasteiger partial charge in [-0.2, -0.15) is 25.3 Å². The first-order valence-electron chi connectivity index (χ1n) is 14.7. The third-order valence-corrected chi connectivity index (χ3v) is 9.16. The van der Waals surface area contributed by atoms with Gasteiger partial charge in [0.05, 0.1) is 22.8 Å². The summed E-state index contributed by atoms with van der Waals surface area (Å²) in [4.78, 5) is 40.4. The van der Waals surface area contributed by atoms with E-state index < -0.39 is 11.9 Å². The van der Waals surface area contributed by atoms with Crippen LogP contribution in [0.15, 0.2) is 24.3 Å². The fourth-order valence-corrected chi connectivity index (χ4v) is 6.98. The first-order chi connectivity index (χ1) is 20.8. The van der Waals surface area contributed by atoms with Gasteiger partial charge in [0, 0.05) is 45.4 Å². The molecule has 0 saturated heterocycles. The number of aliphatic carboxylic acids is 2. The number of rotatable bonds is 8. The maximum Gasteiger partial charge on any atom is 0.303 e. The molecule has 5 rings (SSSR count). The first kappa shape index (κ1) is 31.7. The van der Waals surface area contributed by atoms with Crippen LogP contribution < -0.4 is 0 Å². The third kappa shape index (κ3) is 5.97. The molecule has 2 aliphatic heterocycles. The second-order valence-electron chi connectivity index (χ2n) is 11.7. The van der Waals surface area contributed by atoms with Crippen molar-refractivity contribution in [1.29, 1.82) is 0 Å². The van der Waals surface area contributed by atoms with Crippen molar-refractivity contribution in [1.82, 2.24) is 19.9 Å². The standard InChI is InChI=1S/C34H38N4O4S2/c1-15-21(7-9-31(39)40)27-14-28-22(8-10-32(41)42)16(2)24(36-28)12-29-34(20(6)44)18(4)26(38-29)13-30-33(19(5)43)17(3)25(37-30)11-23(15)35-27/h11-14,19-20,37-38,43-44H,7-10H2,1-6H3,(H,39,40)(H,41,42)/t19-,20-/m1/s1.